The number of thioether (sulfide) groups is 1. The fourth-order valence-corrected chi connectivity index (χ4v) is 3.64. The number of carbonyl (C=O) groups is 1. The van der Waals surface area contributed by atoms with Gasteiger partial charge in [-0.2, -0.15) is 0 Å². The molecule has 0 unspecified atom stereocenters. The molecular formula is C24H24N2O3S. The van der Waals surface area contributed by atoms with E-state index in [-0.39, 0.29) is 5.91 Å². The first-order chi connectivity index (χ1) is 14.6. The van der Waals surface area contributed by atoms with E-state index in [9.17, 15) is 4.79 Å². The zero-order valence-corrected chi connectivity index (χ0v) is 17.7. The van der Waals surface area contributed by atoms with Gasteiger partial charge in [0, 0.05) is 16.7 Å². The Morgan fingerprint density at radius 3 is 2.43 bits per heavy atom. The quantitative estimate of drug-likeness (QED) is 0.297. The van der Waals surface area contributed by atoms with E-state index in [0.29, 0.717) is 11.4 Å². The summed E-state index contributed by atoms with van der Waals surface area (Å²) in [6, 6.07) is 21.2. The predicted octanol–water partition coefficient (Wildman–Crippen LogP) is 5.23. The van der Waals surface area contributed by atoms with Crippen LogP contribution in [0.3, 0.4) is 0 Å². The van der Waals surface area contributed by atoms with Crippen LogP contribution in [0.4, 0.5) is 11.4 Å². The lowest BCUT2D eigenvalue weighted by atomic mass is 10.1. The summed E-state index contributed by atoms with van der Waals surface area (Å²) in [4.78, 5) is 13.2. The third-order valence-corrected chi connectivity index (χ3v) is 5.45. The van der Waals surface area contributed by atoms with Crippen molar-refractivity contribution in [2.45, 2.75) is 10.6 Å². The van der Waals surface area contributed by atoms with Gasteiger partial charge in [-0.25, -0.2) is 0 Å². The Morgan fingerprint density at radius 1 is 1.00 bits per heavy atom. The Morgan fingerprint density at radius 2 is 1.73 bits per heavy atom. The molecule has 3 aromatic rings. The maximum atomic E-state index is 12.1. The number of amides is 1. The number of methoxy groups -OCH3 is 2. The molecule has 6 heteroatoms. The Kier molecular flexibility index (Phi) is 7.40. The SMILES string of the molecule is COc1ccc(SCc2ccc(/C=C/C(=O)Nc3ccccc3N)cc2)cc1OC. The molecule has 0 aliphatic rings. The number of anilines is 2. The molecular weight excluding hydrogens is 396 g/mol. The van der Waals surface area contributed by atoms with Crippen molar-refractivity contribution < 1.29 is 14.3 Å². The van der Waals surface area contributed by atoms with E-state index >= 15 is 0 Å². The van der Waals surface area contributed by atoms with E-state index in [1.54, 1.807) is 44.2 Å². The average Bonchev–Trinajstić information content (AvgIpc) is 2.78. The van der Waals surface area contributed by atoms with Gasteiger partial charge in [0.1, 0.15) is 0 Å². The van der Waals surface area contributed by atoms with Crippen molar-refractivity contribution in [3.8, 4) is 11.5 Å². The van der Waals surface area contributed by atoms with Crippen LogP contribution in [0.1, 0.15) is 11.1 Å². The van der Waals surface area contributed by atoms with Crippen LogP contribution >= 0.6 is 11.8 Å². The van der Waals surface area contributed by atoms with Gasteiger partial charge in [-0.3, -0.25) is 4.79 Å². The molecule has 3 aromatic carbocycles. The third-order valence-electron chi connectivity index (χ3n) is 4.39. The minimum absolute atomic E-state index is 0.221. The molecule has 0 spiro atoms. The van der Waals surface area contributed by atoms with Gasteiger partial charge in [0.2, 0.25) is 5.91 Å². The molecule has 0 saturated heterocycles. The Hall–Kier alpha value is -3.38. The van der Waals surface area contributed by atoms with Crippen molar-refractivity contribution >= 4 is 35.1 Å². The monoisotopic (exact) mass is 420 g/mol. The van der Waals surface area contributed by atoms with E-state index < -0.39 is 0 Å². The maximum Gasteiger partial charge on any atom is 0.248 e. The summed E-state index contributed by atoms with van der Waals surface area (Å²) >= 11 is 1.72. The Labute approximate surface area is 180 Å². The molecule has 0 aliphatic heterocycles. The van der Waals surface area contributed by atoms with Crippen molar-refractivity contribution in [1.29, 1.82) is 0 Å². The number of benzene rings is 3. The fraction of sp³-hybridized carbons (Fsp3) is 0.125. The summed E-state index contributed by atoms with van der Waals surface area (Å²) in [6.07, 6.45) is 3.28. The number of nitrogens with two attached hydrogens (primary N) is 1. The molecule has 154 valence electrons. The zero-order valence-electron chi connectivity index (χ0n) is 16.9. The summed E-state index contributed by atoms with van der Waals surface area (Å²) in [6.45, 7) is 0. The fourth-order valence-electron chi connectivity index (χ4n) is 2.76. The molecule has 0 atom stereocenters. The van der Waals surface area contributed by atoms with Crippen molar-refractivity contribution in [2.75, 3.05) is 25.3 Å². The second-order valence-electron chi connectivity index (χ2n) is 6.46. The van der Waals surface area contributed by atoms with Crippen LogP contribution in [-0.4, -0.2) is 20.1 Å². The number of ether oxygens (including phenoxy) is 2. The van der Waals surface area contributed by atoms with E-state index in [2.05, 4.69) is 17.4 Å². The average molecular weight is 421 g/mol. The highest BCUT2D eigenvalue weighted by Crippen LogP contribution is 2.33. The normalized spacial score (nSPS) is 10.7. The minimum atomic E-state index is -0.221. The van der Waals surface area contributed by atoms with Crippen LogP contribution in [0.5, 0.6) is 11.5 Å². The smallest absolute Gasteiger partial charge is 0.248 e. The van der Waals surface area contributed by atoms with Crippen LogP contribution < -0.4 is 20.5 Å². The molecule has 3 rings (SSSR count). The zero-order chi connectivity index (χ0) is 21.3. The first kappa shape index (κ1) is 21.3. The summed E-state index contributed by atoms with van der Waals surface area (Å²) in [5.74, 6) is 2.05. The first-order valence-corrected chi connectivity index (χ1v) is 10.3. The van der Waals surface area contributed by atoms with Gasteiger partial charge in [-0.15, -0.1) is 11.8 Å². The molecule has 0 aliphatic carbocycles. The van der Waals surface area contributed by atoms with Crippen molar-refractivity contribution in [3.05, 3.63) is 83.9 Å². The molecule has 1 amide bonds. The molecule has 0 saturated carbocycles. The van der Waals surface area contributed by atoms with E-state index in [0.717, 1.165) is 27.7 Å². The van der Waals surface area contributed by atoms with Gasteiger partial charge in [0.25, 0.3) is 0 Å². The Bertz CT molecular complexity index is 1030. The summed E-state index contributed by atoms with van der Waals surface area (Å²) in [7, 11) is 3.26. The van der Waals surface area contributed by atoms with Crippen LogP contribution in [0, 0.1) is 0 Å². The number of rotatable bonds is 8. The number of nitrogen functional groups attached to an aromatic ring is 1. The molecule has 30 heavy (non-hydrogen) atoms. The molecule has 5 nitrogen and oxygen atoms in total. The van der Waals surface area contributed by atoms with E-state index in [1.807, 2.05) is 42.5 Å². The number of para-hydroxylation sites is 2. The van der Waals surface area contributed by atoms with Crippen LogP contribution in [0.15, 0.2) is 77.7 Å². The third kappa shape index (κ3) is 5.81. The van der Waals surface area contributed by atoms with Crippen LogP contribution in [0.25, 0.3) is 6.08 Å². The van der Waals surface area contributed by atoms with Crippen molar-refractivity contribution in [2.24, 2.45) is 0 Å². The topological polar surface area (TPSA) is 73.6 Å². The van der Waals surface area contributed by atoms with E-state index in [4.69, 9.17) is 15.2 Å². The number of nitrogens with one attached hydrogen (secondary N) is 1. The minimum Gasteiger partial charge on any atom is -0.493 e. The highest BCUT2D eigenvalue weighted by Gasteiger charge is 2.05. The highest BCUT2D eigenvalue weighted by molar-refractivity contribution is 7.98. The second-order valence-corrected chi connectivity index (χ2v) is 7.51. The number of hydrogen-bond donors (Lipinski definition) is 2. The molecule has 0 heterocycles. The molecule has 0 fully saturated rings. The van der Waals surface area contributed by atoms with Crippen molar-refractivity contribution in [3.63, 3.8) is 0 Å². The molecule has 0 aromatic heterocycles. The van der Waals surface area contributed by atoms with Gasteiger partial charge in [0.05, 0.1) is 25.6 Å². The van der Waals surface area contributed by atoms with Gasteiger partial charge in [-0.1, -0.05) is 36.4 Å². The second kappa shape index (κ2) is 10.4. The summed E-state index contributed by atoms with van der Waals surface area (Å²) < 4.78 is 10.6. The summed E-state index contributed by atoms with van der Waals surface area (Å²) in [5.41, 5.74) is 9.12. The number of hydrogen-bond acceptors (Lipinski definition) is 5. The lowest BCUT2D eigenvalue weighted by Gasteiger charge is -2.09. The standard InChI is InChI=1S/C24H24N2O3S/c1-28-22-13-12-19(15-23(22)29-2)30-16-18-9-7-17(8-10-18)11-14-24(27)26-21-6-4-3-5-20(21)25/h3-15H,16,25H2,1-2H3,(H,26,27)/b14-11+. The molecule has 0 bridgehead atoms. The largest absolute Gasteiger partial charge is 0.493 e. The Balaban J connectivity index is 1.55. The van der Waals surface area contributed by atoms with Crippen LogP contribution in [0.2, 0.25) is 0 Å². The predicted molar refractivity (Wildman–Crippen MR) is 124 cm³/mol. The van der Waals surface area contributed by atoms with Gasteiger partial charge >= 0.3 is 0 Å². The molecule has 3 N–H and O–H groups in total. The van der Waals surface area contributed by atoms with Gasteiger partial charge in [0.15, 0.2) is 11.5 Å². The van der Waals surface area contributed by atoms with Crippen LogP contribution in [-0.2, 0) is 10.5 Å². The first-order valence-electron chi connectivity index (χ1n) is 9.36. The maximum absolute atomic E-state index is 12.1. The van der Waals surface area contributed by atoms with Gasteiger partial charge in [-0.05, 0) is 47.5 Å². The lowest BCUT2D eigenvalue weighted by Crippen LogP contribution is -2.09. The highest BCUT2D eigenvalue weighted by atomic mass is 32.2. The summed E-state index contributed by atoms with van der Waals surface area (Å²) in [5, 5.41) is 2.77. The molecule has 0 radical (unpaired) electrons. The van der Waals surface area contributed by atoms with Crippen molar-refractivity contribution in [1.82, 2.24) is 0 Å². The lowest BCUT2D eigenvalue weighted by molar-refractivity contribution is -0.111. The van der Waals surface area contributed by atoms with E-state index in [1.165, 1.54) is 11.6 Å². The number of carbonyl (C=O) groups excluding carboxylic acids is 1. The van der Waals surface area contributed by atoms with Gasteiger partial charge < -0.3 is 20.5 Å².